The molecular weight excluding hydrogens is 256 g/mol. The first-order valence-electron chi connectivity index (χ1n) is 6.93. The van der Waals surface area contributed by atoms with Crippen LogP contribution in [0.5, 0.6) is 11.5 Å². The molecule has 0 aliphatic heterocycles. The predicted molar refractivity (Wildman–Crippen MR) is 79.1 cm³/mol. The first-order valence-corrected chi connectivity index (χ1v) is 6.93. The quantitative estimate of drug-likeness (QED) is 0.530. The van der Waals surface area contributed by atoms with Gasteiger partial charge >= 0.3 is 0 Å². The average molecular weight is 282 g/mol. The monoisotopic (exact) mass is 282 g/mol. The van der Waals surface area contributed by atoms with Crippen LogP contribution in [0.1, 0.15) is 45.8 Å². The second-order valence-electron chi connectivity index (χ2n) is 5.63. The molecule has 1 aromatic rings. The maximum Gasteiger partial charge on any atom is 0.161 e. The molecule has 0 spiro atoms. The summed E-state index contributed by atoms with van der Waals surface area (Å²) in [6.45, 7) is 8.96. The van der Waals surface area contributed by atoms with Gasteiger partial charge in [0.25, 0.3) is 0 Å². The van der Waals surface area contributed by atoms with Gasteiger partial charge < -0.3 is 9.47 Å². The Morgan fingerprint density at radius 1 is 1.10 bits per heavy atom. The Balaban J connectivity index is 2.61. The molecule has 0 heterocycles. The smallest absolute Gasteiger partial charge is 0.161 e. The molecular formula is C16H26O4. The lowest BCUT2D eigenvalue weighted by Crippen LogP contribution is -2.18. The number of methoxy groups -OCH3 is 2. The molecule has 0 aliphatic rings. The second kappa shape index (κ2) is 7.50. The number of ether oxygens (including phenoxy) is 2. The highest BCUT2D eigenvalue weighted by molar-refractivity contribution is 5.43. The van der Waals surface area contributed by atoms with Crippen molar-refractivity contribution in [1.29, 1.82) is 0 Å². The van der Waals surface area contributed by atoms with Crippen LogP contribution in [0.25, 0.3) is 0 Å². The van der Waals surface area contributed by atoms with Gasteiger partial charge in [-0.1, -0.05) is 26.8 Å². The molecule has 0 saturated carbocycles. The molecule has 4 heteroatoms. The first-order chi connectivity index (χ1) is 9.43. The second-order valence-corrected chi connectivity index (χ2v) is 5.63. The highest BCUT2D eigenvalue weighted by atomic mass is 17.2. The van der Waals surface area contributed by atoms with Crippen LogP contribution in [0.4, 0.5) is 0 Å². The maximum atomic E-state index is 5.44. The van der Waals surface area contributed by atoms with Crippen LogP contribution in [0.2, 0.25) is 0 Å². The van der Waals surface area contributed by atoms with E-state index >= 15 is 0 Å². The van der Waals surface area contributed by atoms with Gasteiger partial charge in [0.2, 0.25) is 0 Å². The van der Waals surface area contributed by atoms with Gasteiger partial charge in [-0.25, -0.2) is 9.78 Å². The van der Waals surface area contributed by atoms with E-state index in [4.69, 9.17) is 19.2 Å². The van der Waals surface area contributed by atoms with Crippen LogP contribution in [0.15, 0.2) is 18.2 Å². The van der Waals surface area contributed by atoms with E-state index in [1.165, 1.54) is 0 Å². The highest BCUT2D eigenvalue weighted by Crippen LogP contribution is 2.31. The van der Waals surface area contributed by atoms with Crippen molar-refractivity contribution in [2.75, 3.05) is 20.8 Å². The van der Waals surface area contributed by atoms with Crippen molar-refractivity contribution in [1.82, 2.24) is 0 Å². The van der Waals surface area contributed by atoms with E-state index < -0.39 is 0 Å². The lowest BCUT2D eigenvalue weighted by molar-refractivity contribution is -0.335. The van der Waals surface area contributed by atoms with Gasteiger partial charge in [0, 0.05) is 0 Å². The molecule has 0 saturated heterocycles. The molecule has 114 valence electrons. The topological polar surface area (TPSA) is 36.9 Å². The lowest BCUT2D eigenvalue weighted by Gasteiger charge is -2.22. The molecule has 1 atom stereocenters. The molecule has 0 aromatic heterocycles. The Bertz CT molecular complexity index is 415. The summed E-state index contributed by atoms with van der Waals surface area (Å²) in [5, 5.41) is 0. The number of rotatable bonds is 8. The number of hydrogen-bond donors (Lipinski definition) is 0. The Morgan fingerprint density at radius 3 is 2.30 bits per heavy atom. The van der Waals surface area contributed by atoms with Crippen LogP contribution in [-0.4, -0.2) is 20.8 Å². The molecule has 20 heavy (non-hydrogen) atoms. The van der Waals surface area contributed by atoms with Crippen molar-refractivity contribution in [2.24, 2.45) is 5.41 Å². The fourth-order valence-corrected chi connectivity index (χ4v) is 1.56. The zero-order chi connectivity index (χ0) is 15.2. The third-order valence-electron chi connectivity index (χ3n) is 3.50. The molecule has 0 fully saturated rings. The molecule has 0 aliphatic carbocycles. The van der Waals surface area contributed by atoms with Crippen LogP contribution in [0.3, 0.4) is 0 Å². The Labute approximate surface area is 121 Å². The van der Waals surface area contributed by atoms with Gasteiger partial charge in [0.1, 0.15) is 6.10 Å². The van der Waals surface area contributed by atoms with Gasteiger partial charge in [-0.05, 0) is 36.5 Å². The van der Waals surface area contributed by atoms with Crippen molar-refractivity contribution in [3.05, 3.63) is 23.8 Å². The summed E-state index contributed by atoms with van der Waals surface area (Å²) in [4.78, 5) is 10.8. The van der Waals surface area contributed by atoms with E-state index in [-0.39, 0.29) is 11.5 Å². The van der Waals surface area contributed by atoms with E-state index in [9.17, 15) is 0 Å². The van der Waals surface area contributed by atoms with Crippen molar-refractivity contribution >= 4 is 0 Å². The van der Waals surface area contributed by atoms with Crippen molar-refractivity contribution in [3.63, 3.8) is 0 Å². The van der Waals surface area contributed by atoms with Crippen molar-refractivity contribution in [3.8, 4) is 11.5 Å². The first kappa shape index (κ1) is 16.8. The SMILES string of the molecule is CCC(C)(C)COOC(C)c1ccc(OC)c(OC)c1. The zero-order valence-electron chi connectivity index (χ0n) is 13.4. The average Bonchev–Trinajstić information content (AvgIpc) is 2.46. The molecule has 1 unspecified atom stereocenters. The third kappa shape index (κ3) is 4.69. The van der Waals surface area contributed by atoms with Gasteiger partial charge in [-0.3, -0.25) is 0 Å². The Hall–Kier alpha value is -1.26. The van der Waals surface area contributed by atoms with Crippen molar-refractivity contribution < 1.29 is 19.2 Å². The van der Waals surface area contributed by atoms with Gasteiger partial charge in [0.05, 0.1) is 20.8 Å². The van der Waals surface area contributed by atoms with Crippen LogP contribution in [0, 0.1) is 5.41 Å². The maximum absolute atomic E-state index is 5.44. The summed E-state index contributed by atoms with van der Waals surface area (Å²) in [6, 6.07) is 5.71. The molecule has 0 radical (unpaired) electrons. The predicted octanol–water partition coefficient (Wildman–Crippen LogP) is 4.15. The highest BCUT2D eigenvalue weighted by Gasteiger charge is 2.17. The largest absolute Gasteiger partial charge is 0.493 e. The van der Waals surface area contributed by atoms with Crippen LogP contribution >= 0.6 is 0 Å². The van der Waals surface area contributed by atoms with E-state index in [2.05, 4.69) is 20.8 Å². The fourth-order valence-electron chi connectivity index (χ4n) is 1.56. The Kier molecular flexibility index (Phi) is 6.30. The zero-order valence-corrected chi connectivity index (χ0v) is 13.4. The minimum atomic E-state index is -0.164. The van der Waals surface area contributed by atoms with E-state index in [1.54, 1.807) is 14.2 Å². The molecule has 1 aromatic carbocycles. The summed E-state index contributed by atoms with van der Waals surface area (Å²) >= 11 is 0. The minimum absolute atomic E-state index is 0.122. The molecule has 1 rings (SSSR count). The van der Waals surface area contributed by atoms with E-state index in [1.807, 2.05) is 25.1 Å². The van der Waals surface area contributed by atoms with Crippen LogP contribution in [-0.2, 0) is 9.78 Å². The van der Waals surface area contributed by atoms with Crippen LogP contribution < -0.4 is 9.47 Å². The number of benzene rings is 1. The summed E-state index contributed by atoms with van der Waals surface area (Å²) in [6.07, 6.45) is 0.878. The van der Waals surface area contributed by atoms with Gasteiger partial charge in [0.15, 0.2) is 11.5 Å². The normalized spacial score (nSPS) is 13.1. The van der Waals surface area contributed by atoms with Gasteiger partial charge in [-0.2, -0.15) is 0 Å². The summed E-state index contributed by atoms with van der Waals surface area (Å²) in [7, 11) is 3.24. The lowest BCUT2D eigenvalue weighted by atomic mass is 9.92. The summed E-state index contributed by atoms with van der Waals surface area (Å²) in [5.41, 5.74) is 1.11. The number of hydrogen-bond acceptors (Lipinski definition) is 4. The summed E-state index contributed by atoms with van der Waals surface area (Å²) in [5.74, 6) is 1.39. The molecule has 4 nitrogen and oxygen atoms in total. The summed E-state index contributed by atoms with van der Waals surface area (Å²) < 4.78 is 10.5. The minimum Gasteiger partial charge on any atom is -0.493 e. The molecule has 0 N–H and O–H groups in total. The van der Waals surface area contributed by atoms with Gasteiger partial charge in [-0.15, -0.1) is 0 Å². The molecule has 0 bridgehead atoms. The third-order valence-corrected chi connectivity index (χ3v) is 3.50. The molecule has 0 amide bonds. The standard InChI is InChI=1S/C16H26O4/c1-7-16(3,4)11-19-20-12(2)13-8-9-14(17-5)15(10-13)18-6/h8-10,12H,7,11H2,1-6H3. The van der Waals surface area contributed by atoms with Crippen molar-refractivity contribution in [2.45, 2.75) is 40.2 Å². The van der Waals surface area contributed by atoms with E-state index in [0.29, 0.717) is 18.1 Å². The fraction of sp³-hybridized carbons (Fsp3) is 0.625. The van der Waals surface area contributed by atoms with E-state index in [0.717, 1.165) is 12.0 Å². The Morgan fingerprint density at radius 2 is 1.75 bits per heavy atom.